The van der Waals surface area contributed by atoms with Crippen molar-refractivity contribution in [2.75, 3.05) is 47.1 Å². The average molecular weight is 434 g/mol. The number of likely N-dealkylation sites (tertiary alicyclic amines) is 1. The van der Waals surface area contributed by atoms with E-state index in [2.05, 4.69) is 28.2 Å². The molecule has 31 heavy (non-hydrogen) atoms. The fraction of sp³-hybridized carbons (Fsp3) is 0.708. The highest BCUT2D eigenvalue weighted by atomic mass is 16.5. The quantitative estimate of drug-likeness (QED) is 0.474. The summed E-state index contributed by atoms with van der Waals surface area (Å²) in [5.41, 5.74) is 1.13. The molecule has 1 unspecified atom stereocenters. The monoisotopic (exact) mass is 433 g/mol. The molecule has 0 aliphatic carbocycles. The Balaban J connectivity index is 1.43. The van der Waals surface area contributed by atoms with Gasteiger partial charge >= 0.3 is 0 Å². The minimum Gasteiger partial charge on any atom is -0.493 e. The Morgan fingerprint density at radius 1 is 1.19 bits per heavy atom. The van der Waals surface area contributed by atoms with Crippen molar-refractivity contribution in [3.8, 4) is 11.5 Å². The lowest BCUT2D eigenvalue weighted by Crippen LogP contribution is -2.47. The molecule has 0 amide bonds. The zero-order valence-corrected chi connectivity index (χ0v) is 19.4. The van der Waals surface area contributed by atoms with Gasteiger partial charge in [0, 0.05) is 33.3 Å². The maximum absolute atomic E-state index is 6.14. The van der Waals surface area contributed by atoms with Crippen LogP contribution in [0.2, 0.25) is 0 Å². The summed E-state index contributed by atoms with van der Waals surface area (Å²) < 4.78 is 23.2. The van der Waals surface area contributed by atoms with Gasteiger partial charge in [0.25, 0.3) is 0 Å². The zero-order chi connectivity index (χ0) is 21.9. The van der Waals surface area contributed by atoms with Gasteiger partial charge in [-0.15, -0.1) is 0 Å². The Kier molecular flexibility index (Phi) is 9.75. The predicted molar refractivity (Wildman–Crippen MR) is 123 cm³/mol. The first kappa shape index (κ1) is 23.7. The Bertz CT molecular complexity index is 683. The largest absolute Gasteiger partial charge is 0.493 e. The molecule has 0 aromatic heterocycles. The third kappa shape index (κ3) is 7.28. The van der Waals surface area contributed by atoms with E-state index in [1.54, 1.807) is 7.11 Å². The lowest BCUT2D eigenvalue weighted by atomic mass is 10.1. The normalized spacial score (nSPS) is 20.5. The van der Waals surface area contributed by atoms with Crippen molar-refractivity contribution < 1.29 is 18.9 Å². The molecule has 7 nitrogen and oxygen atoms in total. The fourth-order valence-electron chi connectivity index (χ4n) is 4.08. The van der Waals surface area contributed by atoms with Crippen LogP contribution >= 0.6 is 0 Å². The summed E-state index contributed by atoms with van der Waals surface area (Å²) in [6, 6.07) is 6.08. The van der Waals surface area contributed by atoms with E-state index in [0.29, 0.717) is 19.3 Å². The molecule has 7 heteroatoms. The van der Waals surface area contributed by atoms with E-state index in [0.717, 1.165) is 75.0 Å². The van der Waals surface area contributed by atoms with Crippen molar-refractivity contribution in [2.45, 2.75) is 64.2 Å². The molecule has 1 aromatic carbocycles. The van der Waals surface area contributed by atoms with Crippen LogP contribution in [0.15, 0.2) is 23.2 Å². The van der Waals surface area contributed by atoms with E-state index in [1.807, 2.05) is 19.2 Å². The number of nitrogens with one attached hydrogen (secondary N) is 1. The summed E-state index contributed by atoms with van der Waals surface area (Å²) in [7, 11) is 3.52. The molecule has 2 fully saturated rings. The lowest BCUT2D eigenvalue weighted by Gasteiger charge is -2.35. The lowest BCUT2D eigenvalue weighted by molar-refractivity contribution is -0.0721. The van der Waals surface area contributed by atoms with Crippen molar-refractivity contribution in [2.24, 2.45) is 4.99 Å². The predicted octanol–water partition coefficient (Wildman–Crippen LogP) is 3.61. The zero-order valence-electron chi connectivity index (χ0n) is 19.4. The number of nitrogens with zero attached hydrogens (tertiary/aromatic N) is 2. The molecule has 2 heterocycles. The van der Waals surface area contributed by atoms with Crippen LogP contribution in [-0.2, 0) is 16.0 Å². The molecule has 2 aliphatic rings. The number of benzene rings is 1. The first-order chi connectivity index (χ1) is 15.2. The van der Waals surface area contributed by atoms with Gasteiger partial charge in [-0.25, -0.2) is 0 Å². The van der Waals surface area contributed by atoms with Crippen LogP contribution in [0, 0.1) is 0 Å². The molecule has 3 rings (SSSR count). The second kappa shape index (κ2) is 12.8. The fourth-order valence-corrected chi connectivity index (χ4v) is 4.08. The van der Waals surface area contributed by atoms with Crippen molar-refractivity contribution >= 4 is 5.96 Å². The summed E-state index contributed by atoms with van der Waals surface area (Å²) in [6.07, 6.45) is 7.19. The first-order valence-electron chi connectivity index (χ1n) is 11.7. The maximum atomic E-state index is 6.14. The second-order valence-corrected chi connectivity index (χ2v) is 8.24. The topological polar surface area (TPSA) is 64.6 Å². The van der Waals surface area contributed by atoms with E-state index in [1.165, 1.54) is 12.8 Å². The van der Waals surface area contributed by atoms with Gasteiger partial charge in [-0.05, 0) is 56.2 Å². The highest BCUT2D eigenvalue weighted by molar-refractivity contribution is 5.80. The summed E-state index contributed by atoms with van der Waals surface area (Å²) in [6.45, 7) is 6.98. The molecular formula is C24H39N3O4. The maximum Gasteiger partial charge on any atom is 0.193 e. The van der Waals surface area contributed by atoms with Crippen molar-refractivity contribution in [1.82, 2.24) is 10.2 Å². The van der Waals surface area contributed by atoms with Crippen LogP contribution in [0.3, 0.4) is 0 Å². The molecule has 1 atom stereocenters. The standard InChI is InChI=1S/C24H39N3O4/c1-4-14-30-22-9-8-19(16-23(22)28-3)17-26-24(25-2)27-12-10-20(11-13-27)31-18-21-7-5-6-15-29-21/h8-9,16,20-21H,4-7,10-15,17-18H2,1-3H3,(H,25,26). The number of ether oxygens (including phenoxy) is 4. The number of methoxy groups -OCH3 is 1. The van der Waals surface area contributed by atoms with Gasteiger partial charge in [-0.1, -0.05) is 13.0 Å². The minimum absolute atomic E-state index is 0.289. The number of piperidine rings is 1. The Morgan fingerprint density at radius 2 is 2.03 bits per heavy atom. The van der Waals surface area contributed by atoms with E-state index >= 15 is 0 Å². The Hall–Kier alpha value is -1.99. The van der Waals surface area contributed by atoms with Crippen molar-refractivity contribution in [1.29, 1.82) is 0 Å². The molecule has 0 saturated carbocycles. The first-order valence-corrected chi connectivity index (χ1v) is 11.7. The number of aliphatic imine (C=N–C) groups is 1. The van der Waals surface area contributed by atoms with Crippen molar-refractivity contribution in [3.63, 3.8) is 0 Å². The number of rotatable bonds is 9. The Labute approximate surface area is 187 Å². The van der Waals surface area contributed by atoms with Crippen LogP contribution in [0.25, 0.3) is 0 Å². The summed E-state index contributed by atoms with van der Waals surface area (Å²) in [4.78, 5) is 6.80. The van der Waals surface area contributed by atoms with E-state index < -0.39 is 0 Å². The summed E-state index contributed by atoms with van der Waals surface area (Å²) in [5.74, 6) is 2.49. The van der Waals surface area contributed by atoms with Gasteiger partial charge in [0.1, 0.15) is 0 Å². The molecule has 2 saturated heterocycles. The van der Waals surface area contributed by atoms with Gasteiger partial charge in [-0.2, -0.15) is 0 Å². The SMILES string of the molecule is CCCOc1ccc(CNC(=NC)N2CCC(OCC3CCCCO3)CC2)cc1OC. The minimum atomic E-state index is 0.289. The van der Waals surface area contributed by atoms with E-state index in [4.69, 9.17) is 18.9 Å². The summed E-state index contributed by atoms with van der Waals surface area (Å²) >= 11 is 0. The van der Waals surface area contributed by atoms with Crippen molar-refractivity contribution in [3.05, 3.63) is 23.8 Å². The second-order valence-electron chi connectivity index (χ2n) is 8.24. The third-order valence-electron chi connectivity index (χ3n) is 5.89. The van der Waals surface area contributed by atoms with Gasteiger partial charge in [0.15, 0.2) is 17.5 Å². The van der Waals surface area contributed by atoms with E-state index in [-0.39, 0.29) is 6.10 Å². The molecule has 0 radical (unpaired) electrons. The number of hydrogen-bond acceptors (Lipinski definition) is 5. The summed E-state index contributed by atoms with van der Waals surface area (Å²) in [5, 5.41) is 3.49. The molecule has 174 valence electrons. The van der Waals surface area contributed by atoms with Crippen LogP contribution in [0.5, 0.6) is 11.5 Å². The smallest absolute Gasteiger partial charge is 0.193 e. The third-order valence-corrected chi connectivity index (χ3v) is 5.89. The highest BCUT2D eigenvalue weighted by Gasteiger charge is 2.23. The van der Waals surface area contributed by atoms with Gasteiger partial charge in [0.05, 0.1) is 32.5 Å². The van der Waals surface area contributed by atoms with Crippen LogP contribution in [0.1, 0.15) is 51.0 Å². The molecule has 0 spiro atoms. The van der Waals surface area contributed by atoms with Gasteiger partial charge in [-0.3, -0.25) is 4.99 Å². The van der Waals surface area contributed by atoms with Crippen LogP contribution in [-0.4, -0.2) is 70.1 Å². The van der Waals surface area contributed by atoms with Crippen LogP contribution in [0.4, 0.5) is 0 Å². The molecule has 2 aliphatic heterocycles. The molecule has 0 bridgehead atoms. The van der Waals surface area contributed by atoms with E-state index in [9.17, 15) is 0 Å². The Morgan fingerprint density at radius 3 is 2.71 bits per heavy atom. The molecule has 1 aromatic rings. The average Bonchev–Trinajstić information content (AvgIpc) is 2.83. The molecular weight excluding hydrogens is 394 g/mol. The molecule has 1 N–H and O–H groups in total. The number of guanidine groups is 1. The highest BCUT2D eigenvalue weighted by Crippen LogP contribution is 2.28. The number of hydrogen-bond donors (Lipinski definition) is 1. The van der Waals surface area contributed by atoms with Gasteiger partial charge < -0.3 is 29.2 Å². The van der Waals surface area contributed by atoms with Gasteiger partial charge in [0.2, 0.25) is 0 Å². The van der Waals surface area contributed by atoms with Crippen LogP contribution < -0.4 is 14.8 Å².